The molecule has 0 bridgehead atoms. The van der Waals surface area contributed by atoms with Gasteiger partial charge in [-0.05, 0) is 13.0 Å². The molecule has 1 rings (SSSR count). The molecule has 0 radical (unpaired) electrons. The van der Waals surface area contributed by atoms with Gasteiger partial charge in [-0.3, -0.25) is 4.79 Å². The molecule has 0 aliphatic rings. The van der Waals surface area contributed by atoms with Crippen molar-refractivity contribution in [1.82, 2.24) is 20.8 Å². The van der Waals surface area contributed by atoms with Gasteiger partial charge in [0.15, 0.2) is 0 Å². The van der Waals surface area contributed by atoms with Crippen molar-refractivity contribution in [3.05, 3.63) is 12.3 Å². The van der Waals surface area contributed by atoms with Crippen molar-refractivity contribution >= 4 is 5.91 Å². The summed E-state index contributed by atoms with van der Waals surface area (Å²) in [4.78, 5) is 11.4. The lowest BCUT2D eigenvalue weighted by Gasteiger charge is -2.18. The first-order valence-electron chi connectivity index (χ1n) is 4.85. The molecule has 1 unspecified atom stereocenters. The van der Waals surface area contributed by atoms with Crippen molar-refractivity contribution in [2.45, 2.75) is 19.9 Å². The first-order chi connectivity index (χ1) is 7.15. The second-order valence-electron chi connectivity index (χ2n) is 3.60. The second-order valence-corrected chi connectivity index (χ2v) is 3.60. The van der Waals surface area contributed by atoms with E-state index in [4.69, 9.17) is 4.42 Å². The van der Waals surface area contributed by atoms with E-state index in [0.29, 0.717) is 5.89 Å². The van der Waals surface area contributed by atoms with Crippen LogP contribution in [0.5, 0.6) is 0 Å². The minimum Gasteiger partial charge on any atom is -0.426 e. The maximum absolute atomic E-state index is 11.4. The molecular weight excluding hydrogens is 196 g/mol. The molecule has 0 aromatic carbocycles. The van der Waals surface area contributed by atoms with Gasteiger partial charge in [0.05, 0.1) is 6.54 Å². The number of nitrogens with zero attached hydrogens (tertiary/aromatic N) is 2. The van der Waals surface area contributed by atoms with Gasteiger partial charge in [-0.15, -0.1) is 10.2 Å². The summed E-state index contributed by atoms with van der Waals surface area (Å²) in [5.41, 5.74) is 0. The van der Waals surface area contributed by atoms with Crippen molar-refractivity contribution in [3.8, 4) is 0 Å². The topological polar surface area (TPSA) is 80.0 Å². The summed E-state index contributed by atoms with van der Waals surface area (Å²) in [6.45, 7) is 4.24. The molecule has 15 heavy (non-hydrogen) atoms. The molecule has 84 valence electrons. The maximum atomic E-state index is 11.4. The molecule has 0 aliphatic heterocycles. The first kappa shape index (κ1) is 11.6. The van der Waals surface area contributed by atoms with Gasteiger partial charge in [0.25, 0.3) is 0 Å². The zero-order valence-electron chi connectivity index (χ0n) is 9.15. The fourth-order valence-corrected chi connectivity index (χ4v) is 1.22. The van der Waals surface area contributed by atoms with Crippen LogP contribution in [0.4, 0.5) is 0 Å². The number of hydrogen-bond acceptors (Lipinski definition) is 5. The van der Waals surface area contributed by atoms with E-state index < -0.39 is 0 Å². The van der Waals surface area contributed by atoms with Crippen LogP contribution in [0.1, 0.15) is 25.8 Å². The van der Waals surface area contributed by atoms with Crippen molar-refractivity contribution in [1.29, 1.82) is 0 Å². The Hall–Kier alpha value is -1.43. The SMILES string of the molecule is CNCC(=O)NC(c1nnco1)C(C)C. The fraction of sp³-hybridized carbons (Fsp3) is 0.667. The molecular formula is C9H16N4O2. The summed E-state index contributed by atoms with van der Waals surface area (Å²) in [6, 6.07) is -0.228. The van der Waals surface area contributed by atoms with Crippen LogP contribution in [-0.4, -0.2) is 29.7 Å². The number of aromatic nitrogens is 2. The van der Waals surface area contributed by atoms with Crippen LogP contribution < -0.4 is 10.6 Å². The van der Waals surface area contributed by atoms with E-state index >= 15 is 0 Å². The average Bonchev–Trinajstić information content (AvgIpc) is 2.66. The van der Waals surface area contributed by atoms with E-state index in [0.717, 1.165) is 0 Å². The normalized spacial score (nSPS) is 12.8. The lowest BCUT2D eigenvalue weighted by molar-refractivity contribution is -0.121. The Morgan fingerprint density at radius 2 is 2.33 bits per heavy atom. The molecule has 1 amide bonds. The molecule has 0 aliphatic carbocycles. The molecule has 2 N–H and O–H groups in total. The van der Waals surface area contributed by atoms with Crippen LogP contribution >= 0.6 is 0 Å². The maximum Gasteiger partial charge on any atom is 0.238 e. The van der Waals surface area contributed by atoms with E-state index in [1.807, 2.05) is 13.8 Å². The summed E-state index contributed by atoms with van der Waals surface area (Å²) in [7, 11) is 1.72. The van der Waals surface area contributed by atoms with Gasteiger partial charge < -0.3 is 15.1 Å². The van der Waals surface area contributed by atoms with E-state index in [2.05, 4.69) is 20.8 Å². The van der Waals surface area contributed by atoms with Gasteiger partial charge in [-0.1, -0.05) is 13.8 Å². The molecule has 1 atom stereocenters. The summed E-state index contributed by atoms with van der Waals surface area (Å²) in [5.74, 6) is 0.551. The Labute approximate surface area is 88.4 Å². The third-order valence-electron chi connectivity index (χ3n) is 1.96. The largest absolute Gasteiger partial charge is 0.426 e. The summed E-state index contributed by atoms with van der Waals surface area (Å²) < 4.78 is 5.08. The molecule has 1 aromatic rings. The smallest absolute Gasteiger partial charge is 0.238 e. The van der Waals surface area contributed by atoms with Crippen molar-refractivity contribution in [2.24, 2.45) is 5.92 Å². The predicted molar refractivity (Wildman–Crippen MR) is 53.9 cm³/mol. The highest BCUT2D eigenvalue weighted by Gasteiger charge is 2.22. The Bertz CT molecular complexity index is 297. The van der Waals surface area contributed by atoms with Gasteiger partial charge in [-0.25, -0.2) is 0 Å². The van der Waals surface area contributed by atoms with E-state index in [-0.39, 0.29) is 24.4 Å². The number of likely N-dealkylation sites (N-methyl/N-ethyl adjacent to an activating group) is 1. The zero-order valence-corrected chi connectivity index (χ0v) is 9.15. The zero-order chi connectivity index (χ0) is 11.3. The predicted octanol–water partition coefficient (Wildman–Crippen LogP) is 0.102. The molecule has 1 aromatic heterocycles. The van der Waals surface area contributed by atoms with Crippen LogP contribution in [0.15, 0.2) is 10.8 Å². The van der Waals surface area contributed by atoms with Crippen molar-refractivity contribution in [3.63, 3.8) is 0 Å². The Morgan fingerprint density at radius 1 is 1.60 bits per heavy atom. The molecule has 0 saturated heterocycles. The van der Waals surface area contributed by atoms with Crippen LogP contribution in [0, 0.1) is 5.92 Å². The monoisotopic (exact) mass is 212 g/mol. The van der Waals surface area contributed by atoms with Gasteiger partial charge in [0.2, 0.25) is 18.2 Å². The Kier molecular flexibility index (Phi) is 4.23. The summed E-state index contributed by atoms with van der Waals surface area (Å²) in [5, 5.41) is 13.0. The third-order valence-corrected chi connectivity index (χ3v) is 1.96. The number of carbonyl (C=O) groups is 1. The standard InChI is InChI=1S/C9H16N4O2/c1-6(2)8(9-13-11-5-15-9)12-7(14)4-10-3/h5-6,8,10H,4H2,1-3H3,(H,12,14). The molecule has 0 spiro atoms. The summed E-state index contributed by atoms with van der Waals surface area (Å²) >= 11 is 0. The summed E-state index contributed by atoms with van der Waals surface area (Å²) in [6.07, 6.45) is 1.26. The molecule has 6 heteroatoms. The molecule has 0 saturated carbocycles. The molecule has 1 heterocycles. The van der Waals surface area contributed by atoms with Crippen molar-refractivity contribution in [2.75, 3.05) is 13.6 Å². The highest BCUT2D eigenvalue weighted by molar-refractivity contribution is 5.78. The number of amides is 1. The quantitative estimate of drug-likeness (QED) is 0.723. The lowest BCUT2D eigenvalue weighted by Crippen LogP contribution is -2.37. The fourth-order valence-electron chi connectivity index (χ4n) is 1.22. The minimum absolute atomic E-state index is 0.0885. The average molecular weight is 212 g/mol. The van der Waals surface area contributed by atoms with Crippen LogP contribution in [0.25, 0.3) is 0 Å². The van der Waals surface area contributed by atoms with Crippen LogP contribution in [0.3, 0.4) is 0 Å². The third kappa shape index (κ3) is 3.32. The van der Waals surface area contributed by atoms with Crippen LogP contribution in [0.2, 0.25) is 0 Å². The van der Waals surface area contributed by atoms with Crippen molar-refractivity contribution < 1.29 is 9.21 Å². The van der Waals surface area contributed by atoms with Crippen LogP contribution in [-0.2, 0) is 4.79 Å². The molecule has 6 nitrogen and oxygen atoms in total. The van der Waals surface area contributed by atoms with E-state index in [1.165, 1.54) is 6.39 Å². The van der Waals surface area contributed by atoms with Gasteiger partial charge in [-0.2, -0.15) is 0 Å². The highest BCUT2D eigenvalue weighted by Crippen LogP contribution is 2.18. The Balaban J connectivity index is 2.64. The van der Waals surface area contributed by atoms with Gasteiger partial charge in [0, 0.05) is 0 Å². The second kappa shape index (κ2) is 5.45. The minimum atomic E-state index is -0.228. The van der Waals surface area contributed by atoms with E-state index in [1.54, 1.807) is 7.05 Å². The highest BCUT2D eigenvalue weighted by atomic mass is 16.4. The number of carbonyl (C=O) groups excluding carboxylic acids is 1. The lowest BCUT2D eigenvalue weighted by atomic mass is 10.0. The Morgan fingerprint density at radius 3 is 2.80 bits per heavy atom. The number of nitrogens with one attached hydrogen (secondary N) is 2. The molecule has 0 fully saturated rings. The van der Waals surface area contributed by atoms with E-state index in [9.17, 15) is 4.79 Å². The number of hydrogen-bond donors (Lipinski definition) is 2. The van der Waals surface area contributed by atoms with Gasteiger partial charge in [0.1, 0.15) is 6.04 Å². The first-order valence-corrected chi connectivity index (χ1v) is 4.85. The number of rotatable bonds is 5. The van der Waals surface area contributed by atoms with Gasteiger partial charge >= 0.3 is 0 Å².